The van der Waals surface area contributed by atoms with Crippen LogP contribution in [0.2, 0.25) is 0 Å². The number of hydrogen-bond acceptors (Lipinski definition) is 6. The number of rotatable bonds is 2. The van der Waals surface area contributed by atoms with Crippen LogP contribution in [0.4, 0.5) is 0 Å². The molecule has 0 heterocycles. The summed E-state index contributed by atoms with van der Waals surface area (Å²) in [5.41, 5.74) is 13.3. The number of fused-ring (bicyclic) bond motifs is 3. The van der Waals surface area contributed by atoms with E-state index in [1.54, 1.807) is 24.3 Å². The number of ether oxygens (including phenoxy) is 1. The Bertz CT molecular complexity index is 1090. The molecule has 2 fully saturated rings. The Morgan fingerprint density at radius 3 is 2.19 bits per heavy atom. The molecule has 0 amide bonds. The Morgan fingerprint density at radius 1 is 0.871 bits per heavy atom. The first-order valence-corrected chi connectivity index (χ1v) is 11.1. The summed E-state index contributed by atoms with van der Waals surface area (Å²) in [4.78, 5) is 38.2. The minimum absolute atomic E-state index is 0.00427. The molecule has 0 aliphatic heterocycles. The minimum atomic E-state index is -0.955. The molecule has 1 aromatic rings. The largest absolute Gasteiger partial charge is 0.399 e. The molecule has 4 unspecified atom stereocenters. The van der Waals surface area contributed by atoms with Gasteiger partial charge in [-0.2, -0.15) is 0 Å². The van der Waals surface area contributed by atoms with Crippen LogP contribution in [0.3, 0.4) is 0 Å². The molecular formula is C25H26N2O4. The van der Waals surface area contributed by atoms with Crippen molar-refractivity contribution in [2.45, 2.75) is 57.2 Å². The van der Waals surface area contributed by atoms with Crippen molar-refractivity contribution in [2.75, 3.05) is 0 Å². The summed E-state index contributed by atoms with van der Waals surface area (Å²) in [6.45, 7) is 0. The lowest BCUT2D eigenvalue weighted by atomic mass is 9.70. The van der Waals surface area contributed by atoms with E-state index in [-0.39, 0.29) is 45.6 Å². The van der Waals surface area contributed by atoms with Gasteiger partial charge in [0.25, 0.3) is 0 Å². The number of nitrogens with two attached hydrogens (primary N) is 2. The van der Waals surface area contributed by atoms with Crippen molar-refractivity contribution in [1.29, 1.82) is 0 Å². The number of Topliss-reactive ketones (excluding diaryl/α,β-unsaturated/α-hetero) is 2. The molecule has 0 aromatic heterocycles. The van der Waals surface area contributed by atoms with E-state index in [9.17, 15) is 14.4 Å². The smallest absolute Gasteiger partial charge is 0.196 e. The van der Waals surface area contributed by atoms with E-state index in [2.05, 4.69) is 0 Å². The van der Waals surface area contributed by atoms with Gasteiger partial charge < -0.3 is 16.2 Å². The molecule has 6 nitrogen and oxygen atoms in total. The number of benzene rings is 1. The SMILES string of the molecule is NC1=C2C(=O)c3ccccc3C(=O)C2=C(N)C(OC2CCC3CCCCC3C2)C1=C=O. The molecule has 31 heavy (non-hydrogen) atoms. The van der Waals surface area contributed by atoms with Crippen molar-refractivity contribution in [3.8, 4) is 0 Å². The Balaban J connectivity index is 1.52. The molecule has 4 N–H and O–H groups in total. The highest BCUT2D eigenvalue weighted by atomic mass is 16.5. The summed E-state index contributed by atoms with van der Waals surface area (Å²) in [5, 5.41) is 0. The van der Waals surface area contributed by atoms with E-state index in [0.717, 1.165) is 25.2 Å². The van der Waals surface area contributed by atoms with Crippen LogP contribution >= 0.6 is 0 Å². The quantitative estimate of drug-likeness (QED) is 0.714. The maximum atomic E-state index is 13.2. The van der Waals surface area contributed by atoms with Gasteiger partial charge in [0, 0.05) is 11.1 Å². The topological polar surface area (TPSA) is 112 Å². The van der Waals surface area contributed by atoms with Crippen molar-refractivity contribution in [3.63, 3.8) is 0 Å². The summed E-state index contributed by atoms with van der Waals surface area (Å²) in [6.07, 6.45) is 6.92. The van der Waals surface area contributed by atoms with E-state index in [0.29, 0.717) is 11.5 Å². The maximum absolute atomic E-state index is 13.2. The Hall–Kier alpha value is -2.95. The Morgan fingerprint density at radius 2 is 1.52 bits per heavy atom. The fourth-order valence-electron chi connectivity index (χ4n) is 5.87. The van der Waals surface area contributed by atoms with Crippen molar-refractivity contribution in [3.05, 3.63) is 63.5 Å². The zero-order chi connectivity index (χ0) is 21.7. The van der Waals surface area contributed by atoms with E-state index < -0.39 is 11.9 Å². The standard InChI is InChI=1S/C25H26N2O4/c26-21-18(12-28)25(31-15-10-9-13-5-1-2-6-14(13)11-15)22(27)20-19(21)23(29)16-7-3-4-8-17(16)24(20)30/h3-4,7-8,13-15,25H,1-2,5-6,9-11,26-27H2. The minimum Gasteiger partial charge on any atom is -0.399 e. The zero-order valence-electron chi connectivity index (χ0n) is 17.4. The normalized spacial score (nSPS) is 30.5. The first kappa shape index (κ1) is 20.0. The van der Waals surface area contributed by atoms with Gasteiger partial charge in [0.05, 0.1) is 34.2 Å². The molecule has 2 saturated carbocycles. The van der Waals surface area contributed by atoms with Crippen LogP contribution in [0, 0.1) is 11.8 Å². The fraction of sp³-hybridized carbons (Fsp3) is 0.440. The van der Waals surface area contributed by atoms with Crippen LogP contribution in [0.15, 0.2) is 52.4 Å². The van der Waals surface area contributed by atoms with Crippen LogP contribution in [0.25, 0.3) is 0 Å². The van der Waals surface area contributed by atoms with Gasteiger partial charge in [-0.3, -0.25) is 9.59 Å². The second-order valence-corrected chi connectivity index (χ2v) is 9.09. The first-order valence-electron chi connectivity index (χ1n) is 11.1. The lowest BCUT2D eigenvalue weighted by molar-refractivity contribution is -0.0310. The maximum Gasteiger partial charge on any atom is 0.196 e. The van der Waals surface area contributed by atoms with E-state index in [1.165, 1.54) is 25.7 Å². The van der Waals surface area contributed by atoms with Gasteiger partial charge in [0.15, 0.2) is 11.6 Å². The summed E-state index contributed by atoms with van der Waals surface area (Å²) in [6, 6.07) is 6.58. The van der Waals surface area contributed by atoms with E-state index >= 15 is 0 Å². The molecule has 160 valence electrons. The fourth-order valence-corrected chi connectivity index (χ4v) is 5.87. The van der Waals surface area contributed by atoms with Gasteiger partial charge in [0.2, 0.25) is 0 Å². The summed E-state index contributed by atoms with van der Waals surface area (Å²) in [7, 11) is 0. The molecule has 4 aliphatic rings. The summed E-state index contributed by atoms with van der Waals surface area (Å²) >= 11 is 0. The predicted octanol–water partition coefficient (Wildman–Crippen LogP) is 3.01. The van der Waals surface area contributed by atoms with E-state index in [4.69, 9.17) is 16.2 Å². The zero-order valence-corrected chi connectivity index (χ0v) is 17.4. The lowest BCUT2D eigenvalue weighted by Crippen LogP contribution is -2.42. The average Bonchev–Trinajstić information content (AvgIpc) is 2.79. The van der Waals surface area contributed by atoms with Gasteiger partial charge in [-0.1, -0.05) is 49.9 Å². The number of hydrogen-bond donors (Lipinski definition) is 2. The average molecular weight is 418 g/mol. The molecule has 1 aromatic carbocycles. The highest BCUT2D eigenvalue weighted by Gasteiger charge is 2.44. The molecule has 0 radical (unpaired) electrons. The number of allylic oxidation sites excluding steroid dienone is 2. The number of carbonyl (C=O) groups is 2. The van der Waals surface area contributed by atoms with Crippen molar-refractivity contribution in [2.24, 2.45) is 23.3 Å². The summed E-state index contributed by atoms with van der Waals surface area (Å²) in [5.74, 6) is 2.47. The van der Waals surface area contributed by atoms with Gasteiger partial charge in [-0.05, 0) is 31.1 Å². The van der Waals surface area contributed by atoms with Crippen molar-refractivity contribution < 1.29 is 19.1 Å². The first-order chi connectivity index (χ1) is 15.0. The second-order valence-electron chi connectivity index (χ2n) is 9.09. The molecule has 6 heteroatoms. The number of ketones is 2. The van der Waals surface area contributed by atoms with Gasteiger partial charge in [-0.25, -0.2) is 4.79 Å². The highest BCUT2D eigenvalue weighted by molar-refractivity contribution is 6.32. The molecular weight excluding hydrogens is 392 g/mol. The molecule has 4 aliphatic carbocycles. The van der Waals surface area contributed by atoms with Gasteiger partial charge >= 0.3 is 0 Å². The van der Waals surface area contributed by atoms with Gasteiger partial charge in [-0.15, -0.1) is 0 Å². The lowest BCUT2D eigenvalue weighted by Gasteiger charge is -2.41. The van der Waals surface area contributed by atoms with Crippen LogP contribution in [-0.4, -0.2) is 29.7 Å². The number of carbonyl (C=O) groups excluding carboxylic acids is 3. The van der Waals surface area contributed by atoms with Crippen LogP contribution < -0.4 is 11.5 Å². The van der Waals surface area contributed by atoms with E-state index in [1.807, 2.05) is 5.94 Å². The van der Waals surface area contributed by atoms with Gasteiger partial charge in [0.1, 0.15) is 12.0 Å². The van der Waals surface area contributed by atoms with Crippen LogP contribution in [0.5, 0.6) is 0 Å². The third-order valence-electron chi connectivity index (χ3n) is 7.44. The van der Waals surface area contributed by atoms with Crippen LogP contribution in [0.1, 0.15) is 65.7 Å². The van der Waals surface area contributed by atoms with Crippen molar-refractivity contribution in [1.82, 2.24) is 0 Å². The summed E-state index contributed by atoms with van der Waals surface area (Å²) < 4.78 is 6.33. The monoisotopic (exact) mass is 418 g/mol. The Kier molecular flexibility index (Phi) is 4.92. The Labute approximate surface area is 181 Å². The molecule has 0 saturated heterocycles. The molecule has 0 spiro atoms. The predicted molar refractivity (Wildman–Crippen MR) is 115 cm³/mol. The van der Waals surface area contributed by atoms with Crippen LogP contribution in [-0.2, 0) is 9.53 Å². The third kappa shape index (κ3) is 3.10. The van der Waals surface area contributed by atoms with Crippen molar-refractivity contribution >= 4 is 17.5 Å². The molecule has 0 bridgehead atoms. The second kappa shape index (κ2) is 7.63. The molecule has 4 atom stereocenters. The highest BCUT2D eigenvalue weighted by Crippen LogP contribution is 2.44. The third-order valence-corrected chi connectivity index (χ3v) is 7.44. The molecule has 5 rings (SSSR count).